The fraction of sp³-hybridized carbons (Fsp3) is 0.333. The fourth-order valence-electron chi connectivity index (χ4n) is 4.08. The van der Waals surface area contributed by atoms with Crippen molar-refractivity contribution in [3.8, 4) is 0 Å². The quantitative estimate of drug-likeness (QED) is 0.0574. The zero-order valence-corrected chi connectivity index (χ0v) is 21.8. The van der Waals surface area contributed by atoms with Gasteiger partial charge in [0.25, 0.3) is 11.8 Å². The van der Waals surface area contributed by atoms with Crippen LogP contribution in [0, 0.1) is 0 Å². The van der Waals surface area contributed by atoms with E-state index in [2.05, 4.69) is 20.2 Å². The first-order valence-corrected chi connectivity index (χ1v) is 13.1. The van der Waals surface area contributed by atoms with Gasteiger partial charge in [-0.3, -0.25) is 24.1 Å². The molecule has 2 fully saturated rings. The molecular formula is C21H17F3N6O9S2. The van der Waals surface area contributed by atoms with Crippen LogP contribution in [0.5, 0.6) is 0 Å². The number of hydrogen-bond acceptors (Lipinski definition) is 13. The molecule has 3 amide bonds. The van der Waals surface area contributed by atoms with E-state index in [1.165, 1.54) is 5.38 Å². The van der Waals surface area contributed by atoms with E-state index in [-0.39, 0.29) is 40.7 Å². The number of β-lactam (4-membered cyclic amide) rings is 1. The number of nitrogens with one attached hydrogen (secondary N) is 1. The molecule has 0 radical (unpaired) electrons. The van der Waals surface area contributed by atoms with Crippen LogP contribution in [0.1, 0.15) is 12.1 Å². The Morgan fingerprint density at radius 2 is 2.00 bits per heavy atom. The molecule has 0 spiro atoms. The van der Waals surface area contributed by atoms with E-state index >= 15 is 0 Å². The number of hydrogen-bond donors (Lipinski definition) is 4. The van der Waals surface area contributed by atoms with E-state index in [0.717, 1.165) is 34.1 Å². The number of carboxylic acid groups (broad SMARTS) is 1. The summed E-state index contributed by atoms with van der Waals surface area (Å²) in [6.07, 6.45) is -4.38. The number of likely N-dealkylation sites (tertiary alicyclic amines) is 1. The van der Waals surface area contributed by atoms with Crippen LogP contribution in [0.3, 0.4) is 0 Å². The summed E-state index contributed by atoms with van der Waals surface area (Å²) in [5.74, 6) is -8.89. The van der Waals surface area contributed by atoms with Gasteiger partial charge in [0.05, 0.1) is 0 Å². The maximum Gasteiger partial charge on any atom is 0.491 e. The Morgan fingerprint density at radius 1 is 1.29 bits per heavy atom. The second kappa shape index (κ2) is 11.2. The van der Waals surface area contributed by atoms with Crippen molar-refractivity contribution in [2.24, 2.45) is 5.16 Å². The van der Waals surface area contributed by atoms with Gasteiger partial charge in [-0.05, 0) is 18.1 Å². The number of nitrogens with two attached hydrogens (primary N) is 1. The van der Waals surface area contributed by atoms with Crippen LogP contribution in [0.4, 0.5) is 18.3 Å². The van der Waals surface area contributed by atoms with Crippen molar-refractivity contribution in [2.75, 3.05) is 24.6 Å². The summed E-state index contributed by atoms with van der Waals surface area (Å²) in [6, 6.07) is -1.35. The van der Waals surface area contributed by atoms with Crippen molar-refractivity contribution in [3.63, 3.8) is 0 Å². The molecule has 5 N–H and O–H groups in total. The molecule has 2 atom stereocenters. The number of carbonyl (C=O) groups is 6. The maximum absolute atomic E-state index is 13.1. The predicted molar refractivity (Wildman–Crippen MR) is 131 cm³/mol. The highest BCUT2D eigenvalue weighted by Crippen LogP contribution is 2.42. The smallest absolute Gasteiger partial charge is 0.480 e. The van der Waals surface area contributed by atoms with E-state index in [1.54, 1.807) is 0 Å². The summed E-state index contributed by atoms with van der Waals surface area (Å²) < 4.78 is 42.3. The van der Waals surface area contributed by atoms with E-state index in [1.807, 2.05) is 0 Å². The van der Waals surface area contributed by atoms with Crippen LogP contribution in [-0.2, 0) is 33.5 Å². The monoisotopic (exact) mass is 618 g/mol. The highest BCUT2D eigenvalue weighted by Gasteiger charge is 2.55. The number of halogens is 3. The zero-order chi connectivity index (χ0) is 30.2. The number of aromatic nitrogens is 1. The Morgan fingerprint density at radius 3 is 2.59 bits per heavy atom. The number of esters is 2. The van der Waals surface area contributed by atoms with Gasteiger partial charge in [-0.1, -0.05) is 5.16 Å². The molecule has 4 heterocycles. The van der Waals surface area contributed by atoms with Gasteiger partial charge in [-0.2, -0.15) is 13.2 Å². The average Bonchev–Trinajstić information content (AvgIpc) is 3.47. The van der Waals surface area contributed by atoms with Crippen molar-refractivity contribution in [2.45, 2.75) is 24.0 Å². The fourth-order valence-corrected chi connectivity index (χ4v) is 5.93. The summed E-state index contributed by atoms with van der Waals surface area (Å²) in [7, 11) is 0. The molecule has 0 aliphatic carbocycles. The molecule has 41 heavy (non-hydrogen) atoms. The van der Waals surface area contributed by atoms with Gasteiger partial charge in [0.2, 0.25) is 5.91 Å². The van der Waals surface area contributed by atoms with Crippen molar-refractivity contribution in [3.05, 3.63) is 34.0 Å². The lowest BCUT2D eigenvalue weighted by Gasteiger charge is -2.49. The number of fused-ring (bicyclic) bond motifs is 1. The number of amides is 3. The number of nitrogen functional groups attached to an aromatic ring is 1. The second-order valence-electron chi connectivity index (χ2n) is 8.47. The lowest BCUT2D eigenvalue weighted by molar-refractivity contribution is -0.201. The molecular weight excluding hydrogens is 601 g/mol. The predicted octanol–water partition coefficient (Wildman–Crippen LogP) is -0.567. The van der Waals surface area contributed by atoms with Crippen molar-refractivity contribution >= 4 is 69.6 Å². The summed E-state index contributed by atoms with van der Waals surface area (Å²) >= 11 is 1.89. The van der Waals surface area contributed by atoms with Crippen molar-refractivity contribution < 1.29 is 57.0 Å². The summed E-state index contributed by atoms with van der Waals surface area (Å²) in [6.45, 7) is -0.595. The molecule has 0 unspecified atom stereocenters. The standard InChI is InChI=1S/C21H17F3N6O9S2/c22-21(23,24)19(37)39-18(36)13-8(3-7-1-2-29(15(7)34)4-10(31)32)5-40-17-12(16(35)30(13)17)27-14(33)11(28-38)9-6-41-20(25)26-9/h3,6,12,17,38H,1-2,4-5H2,(H2,25,26)(H,27,33)(H,31,32)/b7-3?,28-11-/t12-,17-/m1/s1. The third-order valence-corrected chi connectivity index (χ3v) is 7.84. The normalized spacial score (nSPS) is 22.0. The number of aliphatic carboxylic acids is 1. The Labute approximate surface area is 234 Å². The summed E-state index contributed by atoms with van der Waals surface area (Å²) in [5.41, 5.74) is 3.93. The van der Waals surface area contributed by atoms with Gasteiger partial charge in [-0.25, -0.2) is 14.6 Å². The van der Waals surface area contributed by atoms with Crippen molar-refractivity contribution in [1.82, 2.24) is 20.1 Å². The molecule has 3 aliphatic heterocycles. The Hall–Kier alpha value is -4.46. The molecule has 0 aromatic carbocycles. The maximum atomic E-state index is 13.1. The third-order valence-electron chi connectivity index (χ3n) is 5.86. The van der Waals surface area contributed by atoms with Gasteiger partial charge in [0.1, 0.15) is 29.4 Å². The first kappa shape index (κ1) is 29.5. The molecule has 4 rings (SSSR count). The van der Waals surface area contributed by atoms with Gasteiger partial charge < -0.3 is 31.0 Å². The number of anilines is 1. The van der Waals surface area contributed by atoms with Gasteiger partial charge in [0, 0.05) is 23.3 Å². The minimum absolute atomic E-state index is 0.0110. The molecule has 1 aromatic heterocycles. The molecule has 20 heteroatoms. The largest absolute Gasteiger partial charge is 0.491 e. The number of allylic oxidation sites excluding steroid dienone is 1. The Bertz CT molecular complexity index is 1450. The highest BCUT2D eigenvalue weighted by atomic mass is 32.2. The minimum atomic E-state index is -5.54. The van der Waals surface area contributed by atoms with Crippen LogP contribution in [0.2, 0.25) is 0 Å². The first-order valence-electron chi connectivity index (χ1n) is 11.2. The topological polar surface area (TPSA) is 222 Å². The Kier molecular flexibility index (Phi) is 8.06. The van der Waals surface area contributed by atoms with E-state index < -0.39 is 71.2 Å². The zero-order valence-electron chi connectivity index (χ0n) is 20.2. The molecule has 15 nitrogen and oxygen atoms in total. The highest BCUT2D eigenvalue weighted by molar-refractivity contribution is 8.00. The van der Waals surface area contributed by atoms with Crippen LogP contribution in [0.15, 0.2) is 33.5 Å². The molecule has 1 aromatic rings. The number of carboxylic acids is 1. The molecule has 0 saturated carbocycles. The van der Waals surface area contributed by atoms with Gasteiger partial charge in [-0.15, -0.1) is 23.1 Å². The number of nitrogens with zero attached hydrogens (tertiary/aromatic N) is 4. The number of alkyl halides is 3. The van der Waals surface area contributed by atoms with Gasteiger partial charge >= 0.3 is 24.1 Å². The first-order chi connectivity index (χ1) is 19.2. The van der Waals surface area contributed by atoms with Crippen LogP contribution in [0.25, 0.3) is 0 Å². The molecule has 0 bridgehead atoms. The number of thiazole rings is 1. The number of thioether (sulfide) groups is 1. The van der Waals surface area contributed by atoms with Crippen LogP contribution < -0.4 is 11.1 Å². The van der Waals surface area contributed by atoms with E-state index in [4.69, 9.17) is 10.8 Å². The third kappa shape index (κ3) is 5.87. The number of oxime groups is 1. The number of rotatable bonds is 7. The Balaban J connectivity index is 1.62. The van der Waals surface area contributed by atoms with Crippen LogP contribution in [-0.4, -0.2) is 103 Å². The lowest BCUT2D eigenvalue weighted by atomic mass is 10.0. The molecule has 218 valence electrons. The van der Waals surface area contributed by atoms with E-state index in [0.29, 0.717) is 4.90 Å². The minimum Gasteiger partial charge on any atom is -0.480 e. The van der Waals surface area contributed by atoms with Crippen LogP contribution >= 0.6 is 23.1 Å². The number of carbonyl (C=O) groups excluding carboxylic acids is 5. The molecule has 2 saturated heterocycles. The number of ether oxygens (including phenoxy) is 1. The average molecular weight is 619 g/mol. The molecule has 3 aliphatic rings. The summed E-state index contributed by atoms with van der Waals surface area (Å²) in [4.78, 5) is 79.0. The second-order valence-corrected chi connectivity index (χ2v) is 10.5. The van der Waals surface area contributed by atoms with Gasteiger partial charge in [0.15, 0.2) is 10.8 Å². The SMILES string of the molecule is Nc1nc(/C(=N/O)C(=O)N[C@@H]2C(=O)N3C(C(=O)OC(=O)C(F)(F)F)=C(C=C4CCN(CC(=O)O)C4=O)CS[C@H]23)cs1. The van der Waals surface area contributed by atoms with Crippen molar-refractivity contribution in [1.29, 1.82) is 0 Å². The lowest BCUT2D eigenvalue weighted by Crippen LogP contribution is -2.71. The van der Waals surface area contributed by atoms with E-state index in [9.17, 15) is 47.1 Å². The summed E-state index contributed by atoms with van der Waals surface area (Å²) in [5, 5.41) is 23.7.